The van der Waals surface area contributed by atoms with E-state index in [9.17, 15) is 27.6 Å². The maximum Gasteiger partial charge on any atom is 0.573 e. The molecule has 0 N–H and O–H groups in total. The van der Waals surface area contributed by atoms with Crippen LogP contribution >= 0.6 is 0 Å². The zero-order chi connectivity index (χ0) is 19.1. The number of imide groups is 1. The number of ether oxygens (including phenoxy) is 1. The van der Waals surface area contributed by atoms with Gasteiger partial charge >= 0.3 is 12.3 Å². The van der Waals surface area contributed by atoms with E-state index in [1.54, 1.807) is 0 Å². The van der Waals surface area contributed by atoms with E-state index < -0.39 is 29.9 Å². The number of hydroxylamine groups is 2. The van der Waals surface area contributed by atoms with Gasteiger partial charge in [0.05, 0.1) is 16.7 Å². The van der Waals surface area contributed by atoms with Crippen molar-refractivity contribution in [2.75, 3.05) is 0 Å². The summed E-state index contributed by atoms with van der Waals surface area (Å²) in [6.45, 7) is 1.22. The van der Waals surface area contributed by atoms with Crippen LogP contribution in [0.2, 0.25) is 0 Å². The minimum absolute atomic E-state index is 0.0659. The fraction of sp³-hybridized carbons (Fsp3) is 0.118. The normalized spacial score (nSPS) is 13.6. The largest absolute Gasteiger partial charge is 0.573 e. The van der Waals surface area contributed by atoms with Crippen molar-refractivity contribution in [3.8, 4) is 5.75 Å². The molecule has 0 atom stereocenters. The van der Waals surface area contributed by atoms with Crippen LogP contribution in [-0.2, 0) is 4.84 Å². The SMILES string of the molecule is Cc1c(OC(F)(F)F)cccc1C(=O)ON1C(=O)c2ccccc2C1=O. The van der Waals surface area contributed by atoms with Crippen molar-refractivity contribution in [3.63, 3.8) is 0 Å². The van der Waals surface area contributed by atoms with Crippen molar-refractivity contribution in [2.24, 2.45) is 0 Å². The highest BCUT2D eigenvalue weighted by Gasteiger charge is 2.39. The van der Waals surface area contributed by atoms with Crippen LogP contribution in [0.15, 0.2) is 42.5 Å². The molecule has 1 heterocycles. The zero-order valence-electron chi connectivity index (χ0n) is 13.2. The standard InChI is InChI=1S/C17H10F3NO5/c1-9-10(7-4-8-13(9)25-17(18,19)20)16(24)26-21-14(22)11-5-2-3-6-12(11)15(21)23/h2-8H,1H3. The van der Waals surface area contributed by atoms with Crippen LogP contribution in [0.4, 0.5) is 13.2 Å². The average molecular weight is 365 g/mol. The Bertz CT molecular complexity index is 888. The number of halogens is 3. The summed E-state index contributed by atoms with van der Waals surface area (Å²) < 4.78 is 41.0. The summed E-state index contributed by atoms with van der Waals surface area (Å²) in [5.74, 6) is -3.42. The number of fused-ring (bicyclic) bond motifs is 1. The van der Waals surface area contributed by atoms with Gasteiger partial charge in [-0.25, -0.2) is 4.79 Å². The fourth-order valence-electron chi connectivity index (χ4n) is 2.45. The molecule has 2 amide bonds. The molecule has 0 aromatic heterocycles. The van der Waals surface area contributed by atoms with Gasteiger partial charge in [-0.3, -0.25) is 9.59 Å². The van der Waals surface area contributed by atoms with Crippen molar-refractivity contribution in [3.05, 3.63) is 64.7 Å². The van der Waals surface area contributed by atoms with Crippen molar-refractivity contribution < 1.29 is 37.1 Å². The Hall–Kier alpha value is -3.36. The molecule has 2 aromatic carbocycles. The van der Waals surface area contributed by atoms with E-state index in [2.05, 4.69) is 4.74 Å². The first-order chi connectivity index (χ1) is 12.2. The van der Waals surface area contributed by atoms with Crippen molar-refractivity contribution >= 4 is 17.8 Å². The molecule has 2 aromatic rings. The quantitative estimate of drug-likeness (QED) is 0.781. The maximum absolute atomic E-state index is 12.4. The predicted molar refractivity (Wildman–Crippen MR) is 80.2 cm³/mol. The molecule has 6 nitrogen and oxygen atoms in total. The summed E-state index contributed by atoms with van der Waals surface area (Å²) in [5, 5.41) is 0.281. The Labute approximate surface area is 144 Å². The summed E-state index contributed by atoms with van der Waals surface area (Å²) in [4.78, 5) is 41.4. The monoisotopic (exact) mass is 365 g/mol. The molecule has 0 fully saturated rings. The summed E-state index contributed by atoms with van der Waals surface area (Å²) in [6.07, 6.45) is -4.93. The Morgan fingerprint density at radius 3 is 2.08 bits per heavy atom. The molecular formula is C17H10F3NO5. The molecule has 0 spiro atoms. The lowest BCUT2D eigenvalue weighted by molar-refractivity contribution is -0.274. The second-order valence-electron chi connectivity index (χ2n) is 5.31. The van der Waals surface area contributed by atoms with Crippen molar-refractivity contribution in [1.29, 1.82) is 0 Å². The van der Waals surface area contributed by atoms with E-state index in [4.69, 9.17) is 4.84 Å². The Morgan fingerprint density at radius 2 is 1.54 bits per heavy atom. The predicted octanol–water partition coefficient (Wildman–Crippen LogP) is 3.26. The Kier molecular flexibility index (Phi) is 4.15. The lowest BCUT2D eigenvalue weighted by Crippen LogP contribution is -2.33. The van der Waals surface area contributed by atoms with Gasteiger partial charge in [0.15, 0.2) is 0 Å². The number of benzene rings is 2. The van der Waals surface area contributed by atoms with E-state index in [1.807, 2.05) is 0 Å². The number of carbonyl (C=O) groups excluding carboxylic acids is 3. The van der Waals surface area contributed by atoms with Gasteiger partial charge in [-0.2, -0.15) is 0 Å². The van der Waals surface area contributed by atoms with E-state index in [1.165, 1.54) is 37.3 Å². The molecule has 0 aliphatic carbocycles. The lowest BCUT2D eigenvalue weighted by Gasteiger charge is -2.16. The minimum Gasteiger partial charge on any atom is -0.405 e. The molecule has 134 valence electrons. The molecule has 0 bridgehead atoms. The van der Waals surface area contributed by atoms with Crippen LogP contribution in [0.1, 0.15) is 36.6 Å². The topological polar surface area (TPSA) is 72.9 Å². The molecule has 3 rings (SSSR count). The van der Waals surface area contributed by atoms with E-state index in [-0.39, 0.29) is 27.3 Å². The second-order valence-corrected chi connectivity index (χ2v) is 5.31. The van der Waals surface area contributed by atoms with Crippen LogP contribution in [0.3, 0.4) is 0 Å². The molecule has 0 saturated carbocycles. The highest BCUT2D eigenvalue weighted by atomic mass is 19.4. The number of nitrogens with zero attached hydrogens (tertiary/aromatic N) is 1. The van der Waals surface area contributed by atoms with Gasteiger partial charge in [0.25, 0.3) is 11.8 Å². The van der Waals surface area contributed by atoms with Crippen LogP contribution in [0.25, 0.3) is 0 Å². The first-order valence-corrected chi connectivity index (χ1v) is 7.24. The summed E-state index contributed by atoms with van der Waals surface area (Å²) >= 11 is 0. The van der Waals surface area contributed by atoms with Gasteiger partial charge in [-0.05, 0) is 31.2 Å². The first kappa shape index (κ1) is 17.5. The number of hydrogen-bond donors (Lipinski definition) is 0. The van der Waals surface area contributed by atoms with Crippen LogP contribution in [0.5, 0.6) is 5.75 Å². The van der Waals surface area contributed by atoms with Gasteiger partial charge < -0.3 is 9.57 Å². The zero-order valence-corrected chi connectivity index (χ0v) is 13.2. The van der Waals surface area contributed by atoms with E-state index >= 15 is 0 Å². The molecular weight excluding hydrogens is 355 g/mol. The summed E-state index contributed by atoms with van der Waals surface area (Å²) in [6, 6.07) is 9.25. The Morgan fingerprint density at radius 1 is 0.962 bits per heavy atom. The molecule has 9 heteroatoms. The van der Waals surface area contributed by atoms with Crippen LogP contribution in [-0.4, -0.2) is 29.2 Å². The molecule has 0 radical (unpaired) electrons. The third-order valence-corrected chi connectivity index (χ3v) is 3.66. The third kappa shape index (κ3) is 3.10. The summed E-state index contributed by atoms with van der Waals surface area (Å²) in [7, 11) is 0. The number of hydrogen-bond acceptors (Lipinski definition) is 5. The fourth-order valence-corrected chi connectivity index (χ4v) is 2.45. The molecule has 0 saturated heterocycles. The minimum atomic E-state index is -4.93. The van der Waals surface area contributed by atoms with Gasteiger partial charge in [0, 0.05) is 5.56 Å². The lowest BCUT2D eigenvalue weighted by atomic mass is 10.1. The number of alkyl halides is 3. The smallest absolute Gasteiger partial charge is 0.405 e. The molecule has 1 aliphatic rings. The molecule has 1 aliphatic heterocycles. The molecule has 0 unspecified atom stereocenters. The van der Waals surface area contributed by atoms with E-state index in [0.717, 1.165) is 12.1 Å². The highest BCUT2D eigenvalue weighted by molar-refractivity contribution is 6.21. The van der Waals surface area contributed by atoms with Gasteiger partial charge in [0.2, 0.25) is 0 Å². The number of carbonyl (C=O) groups is 3. The van der Waals surface area contributed by atoms with Crippen molar-refractivity contribution in [2.45, 2.75) is 13.3 Å². The van der Waals surface area contributed by atoms with Gasteiger partial charge in [-0.15, -0.1) is 13.2 Å². The average Bonchev–Trinajstić information content (AvgIpc) is 2.81. The van der Waals surface area contributed by atoms with Crippen LogP contribution in [0, 0.1) is 6.92 Å². The summed E-state index contributed by atoms with van der Waals surface area (Å²) in [5.41, 5.74) is -0.290. The third-order valence-electron chi connectivity index (χ3n) is 3.66. The second kappa shape index (κ2) is 6.17. The number of rotatable bonds is 3. The Balaban J connectivity index is 1.85. The van der Waals surface area contributed by atoms with Crippen LogP contribution < -0.4 is 4.74 Å². The maximum atomic E-state index is 12.4. The highest BCUT2D eigenvalue weighted by Crippen LogP contribution is 2.29. The first-order valence-electron chi connectivity index (χ1n) is 7.24. The van der Waals surface area contributed by atoms with Gasteiger partial charge in [0.1, 0.15) is 5.75 Å². The van der Waals surface area contributed by atoms with E-state index in [0.29, 0.717) is 0 Å². The molecule has 26 heavy (non-hydrogen) atoms. The van der Waals surface area contributed by atoms with Crippen molar-refractivity contribution in [1.82, 2.24) is 5.06 Å². The number of amides is 2. The van der Waals surface area contributed by atoms with Gasteiger partial charge in [-0.1, -0.05) is 23.3 Å².